The van der Waals surface area contributed by atoms with Crippen LogP contribution < -0.4 is 9.80 Å². The molecule has 0 saturated carbocycles. The summed E-state index contributed by atoms with van der Waals surface area (Å²) in [6, 6.07) is 10.8. The first-order chi connectivity index (χ1) is 21.0. The van der Waals surface area contributed by atoms with Gasteiger partial charge in [-0.2, -0.15) is 0 Å². The number of anilines is 2. The predicted molar refractivity (Wildman–Crippen MR) is 156 cm³/mol. The van der Waals surface area contributed by atoms with E-state index in [4.69, 9.17) is 9.84 Å². The fourth-order valence-electron chi connectivity index (χ4n) is 5.46. The Morgan fingerprint density at radius 3 is 2.66 bits per heavy atom. The Kier molecular flexibility index (Phi) is 8.56. The zero-order valence-corrected chi connectivity index (χ0v) is 24.2. The minimum Gasteiger partial charge on any atom is -0.441 e. The summed E-state index contributed by atoms with van der Waals surface area (Å²) in [5.41, 5.74) is 0.0912. The molecule has 2 amide bonds. The second kappa shape index (κ2) is 12.3. The summed E-state index contributed by atoms with van der Waals surface area (Å²) in [4.78, 5) is 51.2. The van der Waals surface area contributed by atoms with E-state index in [0.29, 0.717) is 42.0 Å². The first kappa shape index (κ1) is 30.5. The second-order valence-electron chi connectivity index (χ2n) is 10.8. The SMILES string of the molecule is CC(=O)OC1CC(=O)N1c1ccc(CN2C(=O)[C@](O)([C@H](C)/C=C/CCn3cc(CCO)nn3)c3cc([N+](=O)[O-])ccc32)cc1. The van der Waals surface area contributed by atoms with Crippen LogP contribution in [0.25, 0.3) is 0 Å². The number of allylic oxidation sites excluding steroid dienone is 1. The number of β-lactam (4-membered cyclic amide) rings is 1. The van der Waals surface area contributed by atoms with Gasteiger partial charge in [-0.25, -0.2) is 0 Å². The molecule has 230 valence electrons. The Morgan fingerprint density at radius 2 is 2.00 bits per heavy atom. The molecule has 2 aliphatic heterocycles. The monoisotopic (exact) mass is 604 g/mol. The quantitative estimate of drug-likeness (QED) is 0.102. The summed E-state index contributed by atoms with van der Waals surface area (Å²) in [5, 5.41) is 40.5. The third kappa shape index (κ3) is 5.81. The highest BCUT2D eigenvalue weighted by Crippen LogP contribution is 2.47. The number of nitrogens with zero attached hydrogens (tertiary/aromatic N) is 6. The van der Waals surface area contributed by atoms with Crippen LogP contribution in [0.15, 0.2) is 60.8 Å². The molecule has 14 nitrogen and oxygen atoms in total. The van der Waals surface area contributed by atoms with Crippen LogP contribution in [0.4, 0.5) is 17.1 Å². The van der Waals surface area contributed by atoms with Crippen LogP contribution in [0.1, 0.15) is 43.5 Å². The molecular formula is C30H32N6O8. The van der Waals surface area contributed by atoms with Crippen molar-refractivity contribution in [3.05, 3.63) is 87.7 Å². The van der Waals surface area contributed by atoms with E-state index >= 15 is 0 Å². The van der Waals surface area contributed by atoms with Gasteiger partial charge in [0.1, 0.15) is 0 Å². The highest BCUT2D eigenvalue weighted by molar-refractivity contribution is 6.07. The Labute approximate surface area is 252 Å². The van der Waals surface area contributed by atoms with Gasteiger partial charge in [0.25, 0.3) is 11.6 Å². The highest BCUT2D eigenvalue weighted by Gasteiger charge is 2.53. The molecule has 14 heteroatoms. The number of fused-ring (bicyclic) bond motifs is 1. The van der Waals surface area contributed by atoms with Gasteiger partial charge >= 0.3 is 5.97 Å². The summed E-state index contributed by atoms with van der Waals surface area (Å²) in [7, 11) is 0. The van der Waals surface area contributed by atoms with Gasteiger partial charge in [0.05, 0.1) is 29.3 Å². The lowest BCUT2D eigenvalue weighted by Crippen LogP contribution is -2.54. The fraction of sp³-hybridized carbons (Fsp3) is 0.367. The van der Waals surface area contributed by atoms with Gasteiger partial charge in [-0.1, -0.05) is 36.4 Å². The number of non-ortho nitro benzene ring substituents is 1. The van der Waals surface area contributed by atoms with Crippen LogP contribution in [-0.4, -0.2) is 60.7 Å². The molecule has 3 heterocycles. The predicted octanol–water partition coefficient (Wildman–Crippen LogP) is 2.36. The number of hydrogen-bond donors (Lipinski definition) is 2. The van der Waals surface area contributed by atoms with Crippen molar-refractivity contribution in [2.45, 2.75) is 58.0 Å². The maximum absolute atomic E-state index is 13.9. The number of carbonyl (C=O) groups excluding carboxylic acids is 3. The Balaban J connectivity index is 1.34. The van der Waals surface area contributed by atoms with E-state index in [9.17, 15) is 29.6 Å². The van der Waals surface area contributed by atoms with E-state index in [-0.39, 0.29) is 36.7 Å². The van der Waals surface area contributed by atoms with Gasteiger partial charge in [0, 0.05) is 62.0 Å². The number of amides is 2. The number of nitro groups is 1. The molecule has 3 atom stereocenters. The number of aliphatic hydroxyl groups is 2. The molecule has 2 aliphatic rings. The van der Waals surface area contributed by atoms with Gasteiger partial charge in [-0.05, 0) is 30.2 Å². The number of esters is 1. The number of aliphatic hydroxyl groups excluding tert-OH is 1. The van der Waals surface area contributed by atoms with Crippen LogP contribution in [0, 0.1) is 16.0 Å². The average Bonchev–Trinajstić information content (AvgIpc) is 3.52. The summed E-state index contributed by atoms with van der Waals surface area (Å²) in [5.74, 6) is -2.03. The molecular weight excluding hydrogens is 572 g/mol. The minimum absolute atomic E-state index is 0.0254. The zero-order valence-electron chi connectivity index (χ0n) is 24.2. The van der Waals surface area contributed by atoms with Crippen LogP contribution in [0.2, 0.25) is 0 Å². The Hall–Kier alpha value is -4.95. The number of aromatic nitrogens is 3. The standard InChI is InChI=1S/C30H32N6O8/c1-19(5-3-4-13-33-18-22(12-14-37)31-32-33)30(41)25-15-24(36(42)43)10-11-26(25)34(29(30)40)17-21-6-8-23(9-7-21)35-27(39)16-28(35)44-20(2)38/h3,5-11,15,18-19,28,37,41H,4,12-14,16-17H2,1-2H3/b5-3+/t19-,28?,30+/m1/s1. The lowest BCUT2D eigenvalue weighted by Gasteiger charge is -2.39. The van der Waals surface area contributed by atoms with Crippen molar-refractivity contribution in [3.63, 3.8) is 0 Å². The van der Waals surface area contributed by atoms with E-state index in [1.165, 1.54) is 34.9 Å². The summed E-state index contributed by atoms with van der Waals surface area (Å²) in [6.07, 6.45) is 5.61. The van der Waals surface area contributed by atoms with Gasteiger partial charge < -0.3 is 19.8 Å². The molecule has 1 fully saturated rings. The van der Waals surface area contributed by atoms with Crippen molar-refractivity contribution in [1.29, 1.82) is 0 Å². The van der Waals surface area contributed by atoms with E-state index in [0.717, 1.165) is 0 Å². The lowest BCUT2D eigenvalue weighted by atomic mass is 9.82. The van der Waals surface area contributed by atoms with Crippen molar-refractivity contribution < 1.29 is 34.3 Å². The topological polar surface area (TPSA) is 181 Å². The minimum atomic E-state index is -2.05. The van der Waals surface area contributed by atoms with E-state index in [1.807, 2.05) is 6.08 Å². The smallest absolute Gasteiger partial charge is 0.304 e. The summed E-state index contributed by atoms with van der Waals surface area (Å²) < 4.78 is 6.80. The molecule has 44 heavy (non-hydrogen) atoms. The molecule has 3 aromatic rings. The van der Waals surface area contributed by atoms with E-state index in [2.05, 4.69) is 10.3 Å². The molecule has 2 N–H and O–H groups in total. The van der Waals surface area contributed by atoms with Crippen LogP contribution in [0.3, 0.4) is 0 Å². The van der Waals surface area contributed by atoms with E-state index in [1.54, 1.807) is 48.1 Å². The van der Waals surface area contributed by atoms with Gasteiger partial charge in [-0.3, -0.25) is 34.1 Å². The van der Waals surface area contributed by atoms with Crippen molar-refractivity contribution in [2.24, 2.45) is 5.92 Å². The molecule has 1 saturated heterocycles. The maximum atomic E-state index is 13.9. The molecule has 0 radical (unpaired) electrons. The van der Waals surface area contributed by atoms with Gasteiger partial charge in [0.2, 0.25) is 5.91 Å². The number of carbonyl (C=O) groups is 3. The van der Waals surface area contributed by atoms with E-state index < -0.39 is 34.5 Å². The molecule has 0 aliphatic carbocycles. The third-order valence-electron chi connectivity index (χ3n) is 7.79. The Bertz CT molecular complexity index is 1620. The first-order valence-electron chi connectivity index (χ1n) is 14.1. The number of nitro benzene ring substituents is 1. The molecule has 0 bridgehead atoms. The lowest BCUT2D eigenvalue weighted by molar-refractivity contribution is -0.385. The van der Waals surface area contributed by atoms with Crippen molar-refractivity contribution in [2.75, 3.05) is 16.4 Å². The number of ether oxygens (including phenoxy) is 1. The van der Waals surface area contributed by atoms with Crippen molar-refractivity contribution >= 4 is 34.8 Å². The molecule has 1 unspecified atom stereocenters. The fourth-order valence-corrected chi connectivity index (χ4v) is 5.46. The van der Waals surface area contributed by atoms with Gasteiger partial charge in [-0.15, -0.1) is 5.10 Å². The van der Waals surface area contributed by atoms with Gasteiger partial charge in [0.15, 0.2) is 11.8 Å². The molecule has 5 rings (SSSR count). The number of rotatable bonds is 12. The number of hydrogen-bond acceptors (Lipinski definition) is 10. The largest absolute Gasteiger partial charge is 0.441 e. The first-order valence-corrected chi connectivity index (χ1v) is 14.1. The van der Waals surface area contributed by atoms with Crippen LogP contribution >= 0.6 is 0 Å². The highest BCUT2D eigenvalue weighted by atomic mass is 16.6. The molecule has 2 aromatic carbocycles. The zero-order chi connectivity index (χ0) is 31.6. The third-order valence-corrected chi connectivity index (χ3v) is 7.79. The second-order valence-corrected chi connectivity index (χ2v) is 10.8. The number of benzene rings is 2. The van der Waals surface area contributed by atoms with Crippen LogP contribution in [0.5, 0.6) is 0 Å². The number of aryl methyl sites for hydroxylation is 1. The van der Waals surface area contributed by atoms with Crippen molar-refractivity contribution in [1.82, 2.24) is 15.0 Å². The van der Waals surface area contributed by atoms with Crippen molar-refractivity contribution in [3.8, 4) is 0 Å². The maximum Gasteiger partial charge on any atom is 0.304 e. The molecule has 0 spiro atoms. The summed E-state index contributed by atoms with van der Waals surface area (Å²) >= 11 is 0. The molecule has 1 aromatic heterocycles. The normalized spacial score (nSPS) is 20.1. The van der Waals surface area contributed by atoms with Crippen LogP contribution in [-0.2, 0) is 44.2 Å². The average molecular weight is 605 g/mol. The Morgan fingerprint density at radius 1 is 1.25 bits per heavy atom. The summed E-state index contributed by atoms with van der Waals surface area (Å²) in [6.45, 7) is 3.47.